The molecule has 3 rings (SSSR count). The molecule has 3 aromatic rings. The van der Waals surface area contributed by atoms with Crippen molar-refractivity contribution in [3.05, 3.63) is 58.8 Å². The molecule has 0 saturated heterocycles. The molecule has 0 unspecified atom stereocenters. The van der Waals surface area contributed by atoms with Crippen LogP contribution in [0.5, 0.6) is 0 Å². The van der Waals surface area contributed by atoms with Gasteiger partial charge in [-0.25, -0.2) is 13.9 Å². The van der Waals surface area contributed by atoms with Crippen molar-refractivity contribution >= 4 is 28.8 Å². The van der Waals surface area contributed by atoms with Crippen LogP contribution in [0.1, 0.15) is 35.9 Å². The number of fused-ring (bicyclic) bond motifs is 1. The average Bonchev–Trinajstić information content (AvgIpc) is 2.92. The maximum atomic E-state index is 13.1. The highest BCUT2D eigenvalue weighted by Gasteiger charge is 2.15. The van der Waals surface area contributed by atoms with Crippen molar-refractivity contribution in [1.82, 2.24) is 14.6 Å². The lowest BCUT2D eigenvalue weighted by atomic mass is 10.2. The predicted molar refractivity (Wildman–Crippen MR) is 86.4 cm³/mol. The van der Waals surface area contributed by atoms with Crippen LogP contribution in [0.15, 0.2) is 36.5 Å². The summed E-state index contributed by atoms with van der Waals surface area (Å²) in [6.07, 6.45) is 1.76. The van der Waals surface area contributed by atoms with Crippen molar-refractivity contribution in [1.29, 1.82) is 0 Å². The van der Waals surface area contributed by atoms with Gasteiger partial charge in [0.25, 0.3) is 5.91 Å². The van der Waals surface area contributed by atoms with Gasteiger partial charge in [-0.15, -0.1) is 0 Å². The number of carbonyl (C=O) groups is 1. The molecule has 1 aromatic carbocycles. The van der Waals surface area contributed by atoms with Crippen LogP contribution in [0.4, 0.5) is 10.1 Å². The van der Waals surface area contributed by atoms with E-state index in [9.17, 15) is 9.18 Å². The van der Waals surface area contributed by atoms with Gasteiger partial charge in [-0.1, -0.05) is 25.4 Å². The Labute approximate surface area is 137 Å². The predicted octanol–water partition coefficient (Wildman–Crippen LogP) is 3.90. The maximum absolute atomic E-state index is 13.1. The lowest BCUT2D eigenvalue weighted by molar-refractivity contribution is 0.102. The normalized spacial score (nSPS) is 11.2. The van der Waals surface area contributed by atoms with Crippen LogP contribution in [0.2, 0.25) is 5.02 Å². The van der Waals surface area contributed by atoms with Gasteiger partial charge in [0.1, 0.15) is 5.82 Å². The molecule has 0 fully saturated rings. The van der Waals surface area contributed by atoms with Crippen molar-refractivity contribution in [2.24, 2.45) is 0 Å². The van der Waals surface area contributed by atoms with Gasteiger partial charge in [0.05, 0.1) is 16.3 Å². The van der Waals surface area contributed by atoms with E-state index in [0.29, 0.717) is 17.2 Å². The molecule has 2 aromatic heterocycles. The molecule has 0 spiro atoms. The maximum Gasteiger partial charge on any atom is 0.257 e. The summed E-state index contributed by atoms with van der Waals surface area (Å²) in [4.78, 5) is 16.8. The Bertz CT molecular complexity index is 891. The van der Waals surface area contributed by atoms with E-state index in [1.807, 2.05) is 13.8 Å². The lowest BCUT2D eigenvalue weighted by Crippen LogP contribution is -2.13. The summed E-state index contributed by atoms with van der Waals surface area (Å²) in [6, 6.07) is 7.12. The van der Waals surface area contributed by atoms with Crippen LogP contribution < -0.4 is 5.32 Å². The van der Waals surface area contributed by atoms with Gasteiger partial charge in [-0.2, -0.15) is 5.10 Å². The standard InChI is InChI=1S/C16H14ClFN4O/c1-9(2)14-20-15-13(4-3-7-22(15)21-14)19-16(23)11-6-5-10(18)8-12(11)17/h3-9H,1-2H3,(H,19,23). The van der Waals surface area contributed by atoms with Crippen molar-refractivity contribution in [2.75, 3.05) is 5.32 Å². The molecule has 0 radical (unpaired) electrons. The number of nitrogens with one attached hydrogen (secondary N) is 1. The summed E-state index contributed by atoms with van der Waals surface area (Å²) in [7, 11) is 0. The van der Waals surface area contributed by atoms with E-state index < -0.39 is 11.7 Å². The first-order valence-electron chi connectivity index (χ1n) is 7.07. The first kappa shape index (κ1) is 15.4. The Morgan fingerprint density at radius 3 is 2.83 bits per heavy atom. The second-order valence-corrected chi connectivity index (χ2v) is 5.80. The molecule has 0 bridgehead atoms. The van der Waals surface area contributed by atoms with E-state index in [2.05, 4.69) is 15.4 Å². The molecule has 0 atom stereocenters. The zero-order valence-electron chi connectivity index (χ0n) is 12.5. The van der Waals surface area contributed by atoms with E-state index in [-0.39, 0.29) is 16.5 Å². The number of nitrogens with zero attached hydrogens (tertiary/aromatic N) is 3. The van der Waals surface area contributed by atoms with Gasteiger partial charge in [0.15, 0.2) is 11.5 Å². The van der Waals surface area contributed by atoms with Gasteiger partial charge >= 0.3 is 0 Å². The molecule has 23 heavy (non-hydrogen) atoms. The third-order valence-electron chi connectivity index (χ3n) is 3.32. The Balaban J connectivity index is 1.96. The van der Waals surface area contributed by atoms with Gasteiger partial charge in [-0.3, -0.25) is 4.79 Å². The average molecular weight is 333 g/mol. The molecule has 5 nitrogen and oxygen atoms in total. The van der Waals surface area contributed by atoms with Crippen LogP contribution >= 0.6 is 11.6 Å². The summed E-state index contributed by atoms with van der Waals surface area (Å²) in [5.74, 6) is -0.0682. The third kappa shape index (κ3) is 3.03. The fourth-order valence-corrected chi connectivity index (χ4v) is 2.38. The van der Waals surface area contributed by atoms with E-state index in [1.165, 1.54) is 12.1 Å². The van der Waals surface area contributed by atoms with E-state index in [0.717, 1.165) is 6.07 Å². The second kappa shape index (κ2) is 5.96. The molecule has 118 valence electrons. The fraction of sp³-hybridized carbons (Fsp3) is 0.188. The SMILES string of the molecule is CC(C)c1nc2c(NC(=O)c3ccc(F)cc3Cl)cccn2n1. The minimum absolute atomic E-state index is 0.0544. The van der Waals surface area contributed by atoms with Crippen molar-refractivity contribution in [3.63, 3.8) is 0 Å². The fourth-order valence-electron chi connectivity index (χ4n) is 2.13. The number of halogens is 2. The summed E-state index contributed by atoms with van der Waals surface area (Å²) >= 11 is 5.92. The van der Waals surface area contributed by atoms with Gasteiger partial charge < -0.3 is 5.32 Å². The van der Waals surface area contributed by atoms with E-state index in [4.69, 9.17) is 11.6 Å². The van der Waals surface area contributed by atoms with Crippen LogP contribution in [0, 0.1) is 5.82 Å². The molecule has 0 aliphatic rings. The first-order chi connectivity index (χ1) is 11.0. The minimum Gasteiger partial charge on any atom is -0.319 e. The molecular weight excluding hydrogens is 319 g/mol. The quantitative estimate of drug-likeness (QED) is 0.791. The number of benzene rings is 1. The summed E-state index contributed by atoms with van der Waals surface area (Å²) in [5, 5.41) is 7.16. The Morgan fingerprint density at radius 2 is 2.13 bits per heavy atom. The van der Waals surface area contributed by atoms with Crippen molar-refractivity contribution in [3.8, 4) is 0 Å². The second-order valence-electron chi connectivity index (χ2n) is 5.39. The van der Waals surface area contributed by atoms with Gasteiger partial charge in [0.2, 0.25) is 0 Å². The Hall–Kier alpha value is -2.47. The molecule has 2 heterocycles. The number of carbonyl (C=O) groups excluding carboxylic acids is 1. The largest absolute Gasteiger partial charge is 0.319 e. The minimum atomic E-state index is -0.493. The zero-order valence-corrected chi connectivity index (χ0v) is 13.3. The number of rotatable bonds is 3. The van der Waals surface area contributed by atoms with Crippen LogP contribution in [-0.4, -0.2) is 20.5 Å². The van der Waals surface area contributed by atoms with Gasteiger partial charge in [-0.05, 0) is 30.3 Å². The van der Waals surface area contributed by atoms with E-state index in [1.54, 1.807) is 22.8 Å². The smallest absolute Gasteiger partial charge is 0.257 e. The number of hydrogen-bond acceptors (Lipinski definition) is 3. The highest BCUT2D eigenvalue weighted by molar-refractivity contribution is 6.34. The Morgan fingerprint density at radius 1 is 1.35 bits per heavy atom. The van der Waals surface area contributed by atoms with E-state index >= 15 is 0 Å². The van der Waals surface area contributed by atoms with Crippen LogP contribution in [0.25, 0.3) is 5.65 Å². The van der Waals surface area contributed by atoms with Crippen molar-refractivity contribution < 1.29 is 9.18 Å². The molecule has 0 saturated carbocycles. The molecule has 1 N–H and O–H groups in total. The lowest BCUT2D eigenvalue weighted by Gasteiger charge is -2.07. The molecular formula is C16H14ClFN4O. The molecule has 7 heteroatoms. The summed E-state index contributed by atoms with van der Waals surface area (Å²) in [5.41, 5.74) is 1.25. The van der Waals surface area contributed by atoms with Crippen molar-refractivity contribution in [2.45, 2.75) is 19.8 Å². The number of aromatic nitrogens is 3. The molecule has 0 aliphatic carbocycles. The topological polar surface area (TPSA) is 59.3 Å². The number of hydrogen-bond donors (Lipinski definition) is 1. The summed E-state index contributed by atoms with van der Waals surface area (Å²) < 4.78 is 14.7. The van der Waals surface area contributed by atoms with Gasteiger partial charge in [0, 0.05) is 12.1 Å². The van der Waals surface area contributed by atoms with Crippen LogP contribution in [0.3, 0.4) is 0 Å². The molecule has 1 amide bonds. The molecule has 0 aliphatic heterocycles. The highest BCUT2D eigenvalue weighted by atomic mass is 35.5. The summed E-state index contributed by atoms with van der Waals surface area (Å²) in [6.45, 7) is 3.98. The third-order valence-corrected chi connectivity index (χ3v) is 3.63. The monoisotopic (exact) mass is 332 g/mol. The Kier molecular flexibility index (Phi) is 4.00. The first-order valence-corrected chi connectivity index (χ1v) is 7.45. The highest BCUT2D eigenvalue weighted by Crippen LogP contribution is 2.22. The number of pyridine rings is 1. The zero-order chi connectivity index (χ0) is 16.6. The number of amides is 1. The number of anilines is 1. The van der Waals surface area contributed by atoms with Crippen LogP contribution in [-0.2, 0) is 0 Å².